The first kappa shape index (κ1) is 15.7. The molecule has 0 aromatic heterocycles. The van der Waals surface area contributed by atoms with Crippen LogP contribution in [0.25, 0.3) is 0 Å². The van der Waals surface area contributed by atoms with E-state index in [1.54, 1.807) is 0 Å². The van der Waals surface area contributed by atoms with Gasteiger partial charge >= 0.3 is 12.0 Å². The third-order valence-corrected chi connectivity index (χ3v) is 2.38. The van der Waals surface area contributed by atoms with Gasteiger partial charge in [-0.25, -0.2) is 9.59 Å². The molecule has 0 aromatic rings. The van der Waals surface area contributed by atoms with E-state index in [0.29, 0.717) is 0 Å². The van der Waals surface area contributed by atoms with Crippen LogP contribution >= 0.6 is 0 Å². The van der Waals surface area contributed by atoms with Crippen molar-refractivity contribution in [3.63, 3.8) is 0 Å². The van der Waals surface area contributed by atoms with Crippen molar-refractivity contribution >= 4 is 12.0 Å². The highest BCUT2D eigenvalue weighted by atomic mass is 16.5. The molecule has 0 rings (SSSR count). The first-order chi connectivity index (χ1) is 8.01. The van der Waals surface area contributed by atoms with Gasteiger partial charge in [-0.2, -0.15) is 0 Å². The van der Waals surface area contributed by atoms with Gasteiger partial charge in [-0.15, -0.1) is 0 Å². The van der Waals surface area contributed by atoms with Crippen LogP contribution in [0.5, 0.6) is 0 Å². The van der Waals surface area contributed by atoms with E-state index >= 15 is 0 Å². The minimum atomic E-state index is -1.09. The van der Waals surface area contributed by atoms with E-state index < -0.39 is 12.1 Å². The summed E-state index contributed by atoms with van der Waals surface area (Å²) in [4.78, 5) is 22.0. The molecule has 100 valence electrons. The number of aliphatic carboxylic acids is 1. The van der Waals surface area contributed by atoms with Crippen LogP contribution < -0.4 is 10.6 Å². The molecule has 2 atom stereocenters. The standard InChI is InChI=1S/C11H22N2O4/c1-4-5-6-8(2)13-11(16)12-7-9(17-3)10(14)15/h8-9H,4-7H2,1-3H3,(H,14,15)(H2,12,13,16). The Hall–Kier alpha value is -1.30. The monoisotopic (exact) mass is 246 g/mol. The summed E-state index contributed by atoms with van der Waals surface area (Å²) in [6.45, 7) is 3.96. The molecule has 6 nitrogen and oxygen atoms in total. The summed E-state index contributed by atoms with van der Waals surface area (Å²) in [5, 5.41) is 13.9. The third kappa shape index (κ3) is 7.57. The molecule has 0 saturated carbocycles. The number of nitrogens with one attached hydrogen (secondary N) is 2. The fourth-order valence-corrected chi connectivity index (χ4v) is 1.31. The van der Waals surface area contributed by atoms with Crippen LogP contribution in [0.4, 0.5) is 4.79 Å². The van der Waals surface area contributed by atoms with Crippen LogP contribution in [0.15, 0.2) is 0 Å². The number of carboxylic acids is 1. The minimum absolute atomic E-state index is 0.0435. The zero-order valence-corrected chi connectivity index (χ0v) is 10.7. The predicted octanol–water partition coefficient (Wildman–Crippen LogP) is 0.964. The highest BCUT2D eigenvalue weighted by Crippen LogP contribution is 1.99. The van der Waals surface area contributed by atoms with Gasteiger partial charge in [0, 0.05) is 13.2 Å². The number of hydrogen-bond acceptors (Lipinski definition) is 3. The molecule has 2 amide bonds. The lowest BCUT2D eigenvalue weighted by molar-refractivity contribution is -0.147. The van der Waals surface area contributed by atoms with Gasteiger partial charge in [-0.1, -0.05) is 19.8 Å². The molecule has 0 bridgehead atoms. The van der Waals surface area contributed by atoms with Crippen LogP contribution in [-0.2, 0) is 9.53 Å². The molecule has 0 aliphatic rings. The Bertz CT molecular complexity index is 246. The lowest BCUT2D eigenvalue weighted by Crippen LogP contribution is -2.45. The SMILES string of the molecule is CCCCC(C)NC(=O)NCC(OC)C(=O)O. The van der Waals surface area contributed by atoms with Gasteiger partial charge in [0.1, 0.15) is 0 Å². The smallest absolute Gasteiger partial charge is 0.334 e. The Morgan fingerprint density at radius 2 is 2.06 bits per heavy atom. The second-order valence-corrected chi connectivity index (χ2v) is 3.96. The van der Waals surface area contributed by atoms with E-state index in [9.17, 15) is 9.59 Å². The number of carboxylic acid groups (broad SMARTS) is 1. The number of methoxy groups -OCH3 is 1. The lowest BCUT2D eigenvalue weighted by atomic mass is 10.1. The topological polar surface area (TPSA) is 87.7 Å². The number of hydrogen-bond donors (Lipinski definition) is 3. The molecule has 0 aliphatic carbocycles. The maximum atomic E-state index is 11.4. The van der Waals surface area contributed by atoms with Crippen molar-refractivity contribution in [2.45, 2.75) is 45.3 Å². The van der Waals surface area contributed by atoms with Crippen molar-refractivity contribution in [2.75, 3.05) is 13.7 Å². The Balaban J connectivity index is 3.82. The molecule has 0 heterocycles. The average Bonchev–Trinajstić information content (AvgIpc) is 2.26. The molecule has 0 spiro atoms. The van der Waals surface area contributed by atoms with Gasteiger partial charge < -0.3 is 20.5 Å². The van der Waals surface area contributed by atoms with Crippen molar-refractivity contribution in [1.29, 1.82) is 0 Å². The fraction of sp³-hybridized carbons (Fsp3) is 0.818. The van der Waals surface area contributed by atoms with Crippen LogP contribution in [0.2, 0.25) is 0 Å². The number of carbonyl (C=O) groups is 2. The number of urea groups is 1. The summed E-state index contributed by atoms with van der Waals surface area (Å²) in [6, 6.07) is -0.280. The summed E-state index contributed by atoms with van der Waals surface area (Å²) < 4.78 is 4.69. The van der Waals surface area contributed by atoms with Gasteiger partial charge in [-0.05, 0) is 13.3 Å². The van der Waals surface area contributed by atoms with E-state index in [1.165, 1.54) is 7.11 Å². The quantitative estimate of drug-likeness (QED) is 0.595. The van der Waals surface area contributed by atoms with Crippen molar-refractivity contribution < 1.29 is 19.4 Å². The largest absolute Gasteiger partial charge is 0.479 e. The Morgan fingerprint density at radius 3 is 2.53 bits per heavy atom. The van der Waals surface area contributed by atoms with E-state index in [0.717, 1.165) is 19.3 Å². The number of carbonyl (C=O) groups excluding carboxylic acids is 1. The Labute approximate surface area is 102 Å². The molecule has 0 aliphatic heterocycles. The van der Waals surface area contributed by atoms with Crippen molar-refractivity contribution in [3.8, 4) is 0 Å². The molecule has 17 heavy (non-hydrogen) atoms. The van der Waals surface area contributed by atoms with Gasteiger partial charge in [-0.3, -0.25) is 0 Å². The lowest BCUT2D eigenvalue weighted by Gasteiger charge is -2.16. The summed E-state index contributed by atoms with van der Waals surface area (Å²) in [7, 11) is 1.29. The summed E-state index contributed by atoms with van der Waals surface area (Å²) in [6.07, 6.45) is 2.04. The number of rotatable bonds is 8. The van der Waals surface area contributed by atoms with Crippen molar-refractivity contribution in [2.24, 2.45) is 0 Å². The minimum Gasteiger partial charge on any atom is -0.479 e. The summed E-state index contributed by atoms with van der Waals surface area (Å²) >= 11 is 0. The highest BCUT2D eigenvalue weighted by molar-refractivity contribution is 5.76. The van der Waals surface area contributed by atoms with E-state index in [2.05, 4.69) is 22.3 Å². The molecular weight excluding hydrogens is 224 g/mol. The molecule has 0 fully saturated rings. The van der Waals surface area contributed by atoms with Crippen LogP contribution in [0.1, 0.15) is 33.1 Å². The molecule has 3 N–H and O–H groups in total. The van der Waals surface area contributed by atoms with E-state index in [4.69, 9.17) is 5.11 Å². The average molecular weight is 246 g/mol. The zero-order valence-electron chi connectivity index (χ0n) is 10.7. The molecule has 0 aromatic carbocycles. The summed E-state index contributed by atoms with van der Waals surface area (Å²) in [5.41, 5.74) is 0. The van der Waals surface area contributed by atoms with E-state index in [1.807, 2.05) is 6.92 Å². The number of unbranched alkanes of at least 4 members (excludes halogenated alkanes) is 1. The molecule has 2 unspecified atom stereocenters. The van der Waals surface area contributed by atoms with Crippen molar-refractivity contribution in [1.82, 2.24) is 10.6 Å². The summed E-state index contributed by atoms with van der Waals surface area (Å²) in [5.74, 6) is -1.09. The van der Waals surface area contributed by atoms with Crippen LogP contribution in [0.3, 0.4) is 0 Å². The predicted molar refractivity (Wildman–Crippen MR) is 64.0 cm³/mol. The van der Waals surface area contributed by atoms with Gasteiger partial charge in [0.2, 0.25) is 0 Å². The van der Waals surface area contributed by atoms with Crippen molar-refractivity contribution in [3.05, 3.63) is 0 Å². The maximum Gasteiger partial charge on any atom is 0.334 e. The number of ether oxygens (including phenoxy) is 1. The number of amides is 2. The van der Waals surface area contributed by atoms with E-state index in [-0.39, 0.29) is 18.6 Å². The second-order valence-electron chi connectivity index (χ2n) is 3.96. The maximum absolute atomic E-state index is 11.4. The molecule has 6 heteroatoms. The fourth-order valence-electron chi connectivity index (χ4n) is 1.31. The first-order valence-corrected chi connectivity index (χ1v) is 5.81. The normalized spacial score (nSPS) is 13.8. The molecular formula is C11H22N2O4. The van der Waals surface area contributed by atoms with Gasteiger partial charge in [0.15, 0.2) is 6.10 Å². The van der Waals surface area contributed by atoms with Gasteiger partial charge in [0.05, 0.1) is 6.54 Å². The molecule has 0 saturated heterocycles. The second kappa shape index (κ2) is 8.81. The third-order valence-electron chi connectivity index (χ3n) is 2.38. The Morgan fingerprint density at radius 1 is 1.41 bits per heavy atom. The first-order valence-electron chi connectivity index (χ1n) is 5.81. The Kier molecular flexibility index (Phi) is 8.13. The van der Waals surface area contributed by atoms with Crippen LogP contribution in [0, 0.1) is 0 Å². The molecule has 0 radical (unpaired) electrons. The van der Waals surface area contributed by atoms with Gasteiger partial charge in [0.25, 0.3) is 0 Å². The zero-order chi connectivity index (χ0) is 13.3. The highest BCUT2D eigenvalue weighted by Gasteiger charge is 2.17. The van der Waals surface area contributed by atoms with Crippen LogP contribution in [-0.4, -0.2) is 42.9 Å².